The lowest BCUT2D eigenvalue weighted by Gasteiger charge is -2.29. The maximum Gasteiger partial charge on any atom is 0.122 e. The van der Waals surface area contributed by atoms with Crippen LogP contribution in [0.4, 0.5) is 0 Å². The normalized spacial score (nSPS) is 16.3. The second-order valence-electron chi connectivity index (χ2n) is 4.85. The first-order chi connectivity index (χ1) is 9.24. The molecule has 0 spiro atoms. The van der Waals surface area contributed by atoms with Gasteiger partial charge in [-0.3, -0.25) is 5.41 Å². The smallest absolute Gasteiger partial charge is 0.122 e. The van der Waals surface area contributed by atoms with Gasteiger partial charge in [-0.25, -0.2) is 0 Å². The van der Waals surface area contributed by atoms with Gasteiger partial charge in [-0.1, -0.05) is 36.4 Å². The third kappa shape index (κ3) is 2.32. The van der Waals surface area contributed by atoms with Crippen LogP contribution >= 0.6 is 0 Å². The molecule has 0 aromatic heterocycles. The summed E-state index contributed by atoms with van der Waals surface area (Å²) in [5, 5.41) is 7.41. The summed E-state index contributed by atoms with van der Waals surface area (Å²) in [7, 11) is 0. The molecule has 1 unspecified atom stereocenters. The van der Waals surface area contributed by atoms with Crippen LogP contribution in [0.5, 0.6) is 5.75 Å². The zero-order chi connectivity index (χ0) is 13.2. The molecule has 3 N–H and O–H groups in total. The molecule has 0 radical (unpaired) electrons. The highest BCUT2D eigenvalue weighted by Crippen LogP contribution is 2.35. The SMILES string of the molecule is N=C(N)c1cccc(OCC2Cc3ccccc32)c1. The molecule has 19 heavy (non-hydrogen) atoms. The Morgan fingerprint density at radius 1 is 1.21 bits per heavy atom. The Labute approximate surface area is 112 Å². The van der Waals surface area contributed by atoms with Crippen molar-refractivity contribution < 1.29 is 4.74 Å². The van der Waals surface area contributed by atoms with Gasteiger partial charge in [0.2, 0.25) is 0 Å². The molecule has 0 aliphatic heterocycles. The number of nitrogens with two attached hydrogens (primary N) is 1. The minimum atomic E-state index is 0.0689. The first kappa shape index (κ1) is 11.8. The molecule has 2 aromatic carbocycles. The second-order valence-corrected chi connectivity index (χ2v) is 4.85. The van der Waals surface area contributed by atoms with Gasteiger partial charge in [0.15, 0.2) is 0 Å². The molecule has 0 amide bonds. The lowest BCUT2D eigenvalue weighted by atomic mass is 9.78. The second kappa shape index (κ2) is 4.76. The van der Waals surface area contributed by atoms with Gasteiger partial charge in [0.1, 0.15) is 11.6 Å². The van der Waals surface area contributed by atoms with Crippen LogP contribution in [0.3, 0.4) is 0 Å². The van der Waals surface area contributed by atoms with E-state index < -0.39 is 0 Å². The number of fused-ring (bicyclic) bond motifs is 1. The number of nitrogen functional groups attached to an aromatic ring is 1. The third-order valence-electron chi connectivity index (χ3n) is 3.56. The molecule has 3 heteroatoms. The Bertz CT molecular complexity index is 622. The summed E-state index contributed by atoms with van der Waals surface area (Å²) < 4.78 is 5.81. The number of rotatable bonds is 4. The molecule has 1 aliphatic rings. The molecule has 2 aromatic rings. The van der Waals surface area contributed by atoms with Gasteiger partial charge in [0.25, 0.3) is 0 Å². The van der Waals surface area contributed by atoms with E-state index in [4.69, 9.17) is 15.9 Å². The Kier molecular flexibility index (Phi) is 2.95. The topological polar surface area (TPSA) is 59.1 Å². The molecule has 1 atom stereocenters. The van der Waals surface area contributed by atoms with E-state index in [0.29, 0.717) is 18.1 Å². The summed E-state index contributed by atoms with van der Waals surface area (Å²) in [6.07, 6.45) is 1.09. The largest absolute Gasteiger partial charge is 0.493 e. The van der Waals surface area contributed by atoms with E-state index >= 15 is 0 Å². The van der Waals surface area contributed by atoms with Gasteiger partial charge in [-0.05, 0) is 29.7 Å². The number of hydrogen-bond acceptors (Lipinski definition) is 2. The first-order valence-corrected chi connectivity index (χ1v) is 6.39. The quantitative estimate of drug-likeness (QED) is 0.649. The van der Waals surface area contributed by atoms with Crippen LogP contribution in [0.1, 0.15) is 22.6 Å². The number of amidine groups is 1. The molecule has 0 fully saturated rings. The fourth-order valence-corrected chi connectivity index (χ4v) is 2.46. The molecular weight excluding hydrogens is 236 g/mol. The number of ether oxygens (including phenoxy) is 1. The molecule has 0 heterocycles. The summed E-state index contributed by atoms with van der Waals surface area (Å²) in [5.41, 5.74) is 8.99. The summed E-state index contributed by atoms with van der Waals surface area (Å²) in [6, 6.07) is 15.9. The van der Waals surface area contributed by atoms with Gasteiger partial charge >= 0.3 is 0 Å². The molecule has 0 saturated carbocycles. The van der Waals surface area contributed by atoms with Crippen LogP contribution in [0.25, 0.3) is 0 Å². The van der Waals surface area contributed by atoms with Crippen molar-refractivity contribution in [3.05, 3.63) is 65.2 Å². The maximum atomic E-state index is 7.41. The average molecular weight is 252 g/mol. The minimum Gasteiger partial charge on any atom is -0.493 e. The maximum absolute atomic E-state index is 7.41. The summed E-state index contributed by atoms with van der Waals surface area (Å²) in [5.74, 6) is 1.33. The van der Waals surface area contributed by atoms with Crippen molar-refractivity contribution in [3.63, 3.8) is 0 Å². The molecule has 1 aliphatic carbocycles. The zero-order valence-corrected chi connectivity index (χ0v) is 10.6. The Hall–Kier alpha value is -2.29. The monoisotopic (exact) mass is 252 g/mol. The molecule has 3 rings (SSSR count). The Balaban J connectivity index is 1.65. The van der Waals surface area contributed by atoms with E-state index in [-0.39, 0.29) is 5.84 Å². The van der Waals surface area contributed by atoms with Crippen molar-refractivity contribution >= 4 is 5.84 Å². The Morgan fingerprint density at radius 3 is 2.84 bits per heavy atom. The van der Waals surface area contributed by atoms with Gasteiger partial charge in [-0.2, -0.15) is 0 Å². The molecule has 3 nitrogen and oxygen atoms in total. The van der Waals surface area contributed by atoms with Crippen molar-refractivity contribution in [3.8, 4) is 5.75 Å². The third-order valence-corrected chi connectivity index (χ3v) is 3.56. The minimum absolute atomic E-state index is 0.0689. The van der Waals surface area contributed by atoms with Crippen LogP contribution in [-0.2, 0) is 6.42 Å². The number of nitrogens with one attached hydrogen (secondary N) is 1. The Morgan fingerprint density at radius 2 is 2.05 bits per heavy atom. The standard InChI is InChI=1S/C16H16N2O/c17-16(18)12-5-3-6-14(9-12)19-10-13-8-11-4-1-2-7-15(11)13/h1-7,9,13H,8,10H2,(H3,17,18). The summed E-state index contributed by atoms with van der Waals surface area (Å²) in [6.45, 7) is 0.679. The van der Waals surface area contributed by atoms with Crippen LogP contribution < -0.4 is 10.5 Å². The van der Waals surface area contributed by atoms with Gasteiger partial charge in [0, 0.05) is 11.5 Å². The van der Waals surface area contributed by atoms with Gasteiger partial charge < -0.3 is 10.5 Å². The molecule has 96 valence electrons. The van der Waals surface area contributed by atoms with Crippen molar-refractivity contribution in [1.82, 2.24) is 0 Å². The number of benzene rings is 2. The molecule has 0 saturated heterocycles. The predicted molar refractivity (Wildman–Crippen MR) is 75.8 cm³/mol. The van der Waals surface area contributed by atoms with Crippen molar-refractivity contribution in [2.45, 2.75) is 12.3 Å². The van der Waals surface area contributed by atoms with E-state index in [2.05, 4.69) is 24.3 Å². The van der Waals surface area contributed by atoms with E-state index in [1.807, 2.05) is 24.3 Å². The summed E-state index contributed by atoms with van der Waals surface area (Å²) in [4.78, 5) is 0. The number of hydrogen-bond donors (Lipinski definition) is 2. The fourth-order valence-electron chi connectivity index (χ4n) is 2.46. The highest BCUT2D eigenvalue weighted by Gasteiger charge is 2.25. The molecular formula is C16H16N2O. The van der Waals surface area contributed by atoms with Crippen LogP contribution in [-0.4, -0.2) is 12.4 Å². The van der Waals surface area contributed by atoms with Crippen molar-refractivity contribution in [2.75, 3.05) is 6.61 Å². The highest BCUT2D eigenvalue weighted by atomic mass is 16.5. The van der Waals surface area contributed by atoms with Gasteiger partial charge in [0.05, 0.1) is 6.61 Å². The van der Waals surface area contributed by atoms with Gasteiger partial charge in [-0.15, -0.1) is 0 Å². The first-order valence-electron chi connectivity index (χ1n) is 6.39. The van der Waals surface area contributed by atoms with E-state index in [1.54, 1.807) is 0 Å². The lowest BCUT2D eigenvalue weighted by molar-refractivity contribution is 0.275. The zero-order valence-electron chi connectivity index (χ0n) is 10.6. The van der Waals surface area contributed by atoms with Crippen LogP contribution in [0, 0.1) is 5.41 Å². The van der Waals surface area contributed by atoms with Crippen molar-refractivity contribution in [1.29, 1.82) is 5.41 Å². The fraction of sp³-hybridized carbons (Fsp3) is 0.188. The highest BCUT2D eigenvalue weighted by molar-refractivity contribution is 5.95. The molecule has 0 bridgehead atoms. The summed E-state index contributed by atoms with van der Waals surface area (Å²) >= 11 is 0. The average Bonchev–Trinajstić information content (AvgIpc) is 2.40. The van der Waals surface area contributed by atoms with E-state index in [9.17, 15) is 0 Å². The van der Waals surface area contributed by atoms with Crippen molar-refractivity contribution in [2.24, 2.45) is 5.73 Å². The predicted octanol–water partition coefficient (Wildman–Crippen LogP) is 2.69. The van der Waals surface area contributed by atoms with Crippen LogP contribution in [0.15, 0.2) is 48.5 Å². The van der Waals surface area contributed by atoms with E-state index in [1.165, 1.54) is 11.1 Å². The lowest BCUT2D eigenvalue weighted by Crippen LogP contribution is -2.23. The van der Waals surface area contributed by atoms with Crippen LogP contribution in [0.2, 0.25) is 0 Å². The van der Waals surface area contributed by atoms with E-state index in [0.717, 1.165) is 12.2 Å².